The van der Waals surface area contributed by atoms with Crippen molar-refractivity contribution in [3.63, 3.8) is 0 Å². The zero-order chi connectivity index (χ0) is 14.8. The van der Waals surface area contributed by atoms with Gasteiger partial charge in [-0.25, -0.2) is 0 Å². The second-order valence-corrected chi connectivity index (χ2v) is 7.04. The van der Waals surface area contributed by atoms with Crippen LogP contribution in [0.2, 0.25) is 0 Å². The summed E-state index contributed by atoms with van der Waals surface area (Å²) in [4.78, 5) is 3.25. The molecule has 116 valence electrons. The number of aromatic amines is 1. The van der Waals surface area contributed by atoms with Crippen molar-refractivity contribution in [2.24, 2.45) is 5.41 Å². The largest absolute Gasteiger partial charge is 0.364 e. The summed E-state index contributed by atoms with van der Waals surface area (Å²) >= 11 is 0. The first-order valence-corrected chi connectivity index (χ1v) is 8.46. The van der Waals surface area contributed by atoms with Crippen LogP contribution in [-0.4, -0.2) is 24.1 Å². The Kier molecular flexibility index (Phi) is 3.77. The molecule has 22 heavy (non-hydrogen) atoms. The fraction of sp³-hybridized carbons (Fsp3) is 0.474. The Morgan fingerprint density at radius 3 is 2.64 bits per heavy atom. The van der Waals surface area contributed by atoms with E-state index in [1.807, 2.05) is 6.20 Å². The maximum absolute atomic E-state index is 3.80. The molecule has 2 aliphatic carbocycles. The zero-order valence-corrected chi connectivity index (χ0v) is 13.0. The van der Waals surface area contributed by atoms with Crippen LogP contribution in [0.4, 0.5) is 0 Å². The number of aromatic nitrogens is 1. The Hall–Kier alpha value is -1.58. The van der Waals surface area contributed by atoms with E-state index in [2.05, 4.69) is 58.1 Å². The maximum Gasteiger partial charge on any atom is 0.0357 e. The third-order valence-corrected chi connectivity index (χ3v) is 5.19. The summed E-state index contributed by atoms with van der Waals surface area (Å²) < 4.78 is 0. The molecule has 4 rings (SSSR count). The van der Waals surface area contributed by atoms with Gasteiger partial charge in [0.15, 0.2) is 0 Å². The molecule has 1 unspecified atom stereocenters. The average Bonchev–Trinajstić information content (AvgIpc) is 3.45. The molecule has 0 spiro atoms. The lowest BCUT2D eigenvalue weighted by Gasteiger charge is -2.17. The molecule has 3 N–H and O–H groups in total. The van der Waals surface area contributed by atoms with Crippen molar-refractivity contribution in [3.05, 3.63) is 59.9 Å². The van der Waals surface area contributed by atoms with E-state index in [-0.39, 0.29) is 0 Å². The molecule has 0 aliphatic heterocycles. The molecule has 1 heterocycles. The number of hydrogen-bond acceptors (Lipinski definition) is 2. The number of rotatable bonds is 8. The van der Waals surface area contributed by atoms with Crippen molar-refractivity contribution < 1.29 is 0 Å². The molecule has 0 amide bonds. The van der Waals surface area contributed by atoms with Crippen molar-refractivity contribution in [2.45, 2.75) is 37.8 Å². The summed E-state index contributed by atoms with van der Waals surface area (Å²) in [5.74, 6) is 0.740. The van der Waals surface area contributed by atoms with E-state index in [0.717, 1.165) is 19.0 Å². The number of H-pyrrole nitrogens is 1. The summed E-state index contributed by atoms with van der Waals surface area (Å²) in [6, 6.07) is 15.8. The van der Waals surface area contributed by atoms with Crippen molar-refractivity contribution in [1.82, 2.24) is 15.6 Å². The van der Waals surface area contributed by atoms with E-state index in [0.29, 0.717) is 11.5 Å². The van der Waals surface area contributed by atoms with E-state index >= 15 is 0 Å². The Labute approximate surface area is 132 Å². The van der Waals surface area contributed by atoms with Crippen LogP contribution in [0.25, 0.3) is 0 Å². The van der Waals surface area contributed by atoms with Gasteiger partial charge in [0, 0.05) is 43.5 Å². The van der Waals surface area contributed by atoms with Gasteiger partial charge < -0.3 is 15.6 Å². The number of nitrogens with one attached hydrogen (secondary N) is 3. The van der Waals surface area contributed by atoms with Crippen molar-refractivity contribution in [1.29, 1.82) is 0 Å². The highest BCUT2D eigenvalue weighted by atomic mass is 15.0. The molecule has 2 saturated carbocycles. The zero-order valence-electron chi connectivity index (χ0n) is 13.0. The maximum atomic E-state index is 3.80. The quantitative estimate of drug-likeness (QED) is 0.700. The molecule has 3 heteroatoms. The van der Waals surface area contributed by atoms with E-state index in [4.69, 9.17) is 0 Å². The minimum Gasteiger partial charge on any atom is -0.364 e. The summed E-state index contributed by atoms with van der Waals surface area (Å²) in [6.45, 7) is 3.24. The van der Waals surface area contributed by atoms with Gasteiger partial charge in [-0.1, -0.05) is 30.3 Å². The molecule has 1 aromatic heterocycles. The fourth-order valence-electron chi connectivity index (χ4n) is 3.37. The number of hydrogen-bond donors (Lipinski definition) is 3. The van der Waals surface area contributed by atoms with Gasteiger partial charge in [0.05, 0.1) is 0 Å². The van der Waals surface area contributed by atoms with Gasteiger partial charge in [0.1, 0.15) is 0 Å². The highest BCUT2D eigenvalue weighted by Gasteiger charge is 2.45. The molecule has 0 bridgehead atoms. The van der Waals surface area contributed by atoms with Crippen LogP contribution in [-0.2, 0) is 6.54 Å². The van der Waals surface area contributed by atoms with Crippen LogP contribution in [0, 0.1) is 5.41 Å². The SMILES string of the molecule is c1ccc([C@H]2CC2NCC2(CNCc3ccc[nH]3)CC2)cc1. The van der Waals surface area contributed by atoms with E-state index in [9.17, 15) is 0 Å². The third kappa shape index (κ3) is 3.26. The fourth-order valence-corrected chi connectivity index (χ4v) is 3.37. The molecular formula is C19H25N3. The average molecular weight is 295 g/mol. The van der Waals surface area contributed by atoms with Crippen LogP contribution < -0.4 is 10.6 Å². The van der Waals surface area contributed by atoms with E-state index in [1.54, 1.807) is 0 Å². The van der Waals surface area contributed by atoms with E-state index in [1.165, 1.54) is 37.1 Å². The van der Waals surface area contributed by atoms with Crippen molar-refractivity contribution in [2.75, 3.05) is 13.1 Å². The third-order valence-electron chi connectivity index (χ3n) is 5.19. The molecule has 1 aromatic carbocycles. The predicted octanol–water partition coefficient (Wildman–Crippen LogP) is 3.03. The van der Waals surface area contributed by atoms with Crippen LogP contribution in [0.15, 0.2) is 48.7 Å². The molecule has 2 aliphatic rings. The molecule has 0 saturated heterocycles. The normalized spacial score (nSPS) is 25.1. The van der Waals surface area contributed by atoms with E-state index < -0.39 is 0 Å². The van der Waals surface area contributed by atoms with Crippen LogP contribution in [0.5, 0.6) is 0 Å². The van der Waals surface area contributed by atoms with Gasteiger partial charge >= 0.3 is 0 Å². The highest BCUT2D eigenvalue weighted by Crippen LogP contribution is 2.46. The smallest absolute Gasteiger partial charge is 0.0357 e. The first-order chi connectivity index (χ1) is 10.8. The summed E-state index contributed by atoms with van der Waals surface area (Å²) in [5, 5.41) is 7.41. The first kappa shape index (κ1) is 14.0. The molecular weight excluding hydrogens is 270 g/mol. The minimum absolute atomic E-state index is 0.510. The second-order valence-electron chi connectivity index (χ2n) is 7.04. The molecule has 3 nitrogen and oxygen atoms in total. The van der Waals surface area contributed by atoms with Gasteiger partial charge in [0.2, 0.25) is 0 Å². The Morgan fingerprint density at radius 2 is 1.91 bits per heavy atom. The first-order valence-electron chi connectivity index (χ1n) is 8.46. The van der Waals surface area contributed by atoms with Crippen LogP contribution >= 0.6 is 0 Å². The molecule has 2 fully saturated rings. The van der Waals surface area contributed by atoms with Gasteiger partial charge in [-0.15, -0.1) is 0 Å². The second kappa shape index (κ2) is 5.90. The van der Waals surface area contributed by atoms with Gasteiger partial charge in [-0.2, -0.15) is 0 Å². The lowest BCUT2D eigenvalue weighted by molar-refractivity contribution is 0.419. The number of benzene rings is 1. The summed E-state index contributed by atoms with van der Waals surface area (Å²) in [7, 11) is 0. The monoisotopic (exact) mass is 295 g/mol. The van der Waals surface area contributed by atoms with Crippen LogP contribution in [0.1, 0.15) is 36.4 Å². The Bertz CT molecular complexity index is 586. The lowest BCUT2D eigenvalue weighted by Crippen LogP contribution is -2.34. The van der Waals surface area contributed by atoms with Crippen molar-refractivity contribution >= 4 is 0 Å². The molecule has 2 aromatic rings. The van der Waals surface area contributed by atoms with Gasteiger partial charge in [-0.3, -0.25) is 0 Å². The topological polar surface area (TPSA) is 39.8 Å². The van der Waals surface area contributed by atoms with Crippen molar-refractivity contribution in [3.8, 4) is 0 Å². The lowest BCUT2D eigenvalue weighted by atomic mass is 10.1. The predicted molar refractivity (Wildman–Crippen MR) is 89.8 cm³/mol. The minimum atomic E-state index is 0.510. The van der Waals surface area contributed by atoms with Gasteiger partial charge in [-0.05, 0) is 42.4 Å². The molecule has 2 atom stereocenters. The summed E-state index contributed by atoms with van der Waals surface area (Å²) in [6.07, 6.45) is 6.01. The van der Waals surface area contributed by atoms with Crippen LogP contribution in [0.3, 0.4) is 0 Å². The molecule has 0 radical (unpaired) electrons. The summed E-state index contributed by atoms with van der Waals surface area (Å²) in [5.41, 5.74) is 3.28. The van der Waals surface area contributed by atoms with Gasteiger partial charge in [0.25, 0.3) is 0 Å². The Morgan fingerprint density at radius 1 is 1.05 bits per heavy atom. The Balaban J connectivity index is 1.20. The highest BCUT2D eigenvalue weighted by molar-refractivity contribution is 5.27. The standard InChI is InChI=1S/C19H25N3/c1-2-5-15(6-3-1)17-11-18(17)22-14-19(8-9-19)13-20-12-16-7-4-10-21-16/h1-7,10,17-18,20-22H,8-9,11-14H2/t17-,18?/m1/s1.